The Balaban J connectivity index is 1.55. The summed E-state index contributed by atoms with van der Waals surface area (Å²) in [5, 5.41) is 10.8. The molecule has 0 radical (unpaired) electrons. The number of hydrogen-bond acceptors (Lipinski definition) is 5. The van der Waals surface area contributed by atoms with Gasteiger partial charge in [0.1, 0.15) is 17.2 Å². The Morgan fingerprint density at radius 1 is 1.15 bits per heavy atom. The quantitative estimate of drug-likeness (QED) is 0.379. The van der Waals surface area contributed by atoms with Gasteiger partial charge in [0.05, 0.1) is 6.04 Å². The van der Waals surface area contributed by atoms with E-state index in [2.05, 4.69) is 15.7 Å². The van der Waals surface area contributed by atoms with Crippen LogP contribution in [0.3, 0.4) is 0 Å². The summed E-state index contributed by atoms with van der Waals surface area (Å²) in [7, 11) is 1.89. The van der Waals surface area contributed by atoms with Crippen LogP contribution in [0.1, 0.15) is 33.9 Å². The van der Waals surface area contributed by atoms with Crippen LogP contribution in [0.15, 0.2) is 71.5 Å². The SMILES string of the molecule is CNCc1ccc(Cl)cc1-c1ccc(C(C)NC(=O)c2ccc(=O)n(-c3ccccc3F)n2)s1. The predicted octanol–water partition coefficient (Wildman–Crippen LogP) is 4.96. The lowest BCUT2D eigenvalue weighted by Gasteiger charge is -2.13. The number of hydrogen-bond donors (Lipinski definition) is 2. The molecule has 2 aromatic heterocycles. The van der Waals surface area contributed by atoms with Crippen molar-refractivity contribution >= 4 is 28.8 Å². The summed E-state index contributed by atoms with van der Waals surface area (Å²) >= 11 is 7.78. The predicted molar refractivity (Wildman–Crippen MR) is 133 cm³/mol. The van der Waals surface area contributed by atoms with Crippen molar-refractivity contribution in [3.63, 3.8) is 0 Å². The molecule has 9 heteroatoms. The molecule has 1 unspecified atom stereocenters. The summed E-state index contributed by atoms with van der Waals surface area (Å²) in [4.78, 5) is 27.1. The molecule has 0 spiro atoms. The Morgan fingerprint density at radius 2 is 1.94 bits per heavy atom. The van der Waals surface area contributed by atoms with E-state index in [0.29, 0.717) is 11.6 Å². The van der Waals surface area contributed by atoms with Crippen molar-refractivity contribution in [1.82, 2.24) is 20.4 Å². The molecule has 0 fully saturated rings. The van der Waals surface area contributed by atoms with Gasteiger partial charge < -0.3 is 10.6 Å². The molecular formula is C25H22ClFN4O2S. The Morgan fingerprint density at radius 3 is 2.71 bits per heavy atom. The first kappa shape index (κ1) is 23.8. The van der Waals surface area contributed by atoms with E-state index >= 15 is 0 Å². The van der Waals surface area contributed by atoms with Crippen LogP contribution in [0.5, 0.6) is 0 Å². The van der Waals surface area contributed by atoms with Gasteiger partial charge in [-0.3, -0.25) is 9.59 Å². The minimum atomic E-state index is -0.604. The maximum atomic E-state index is 14.2. The molecule has 0 bridgehead atoms. The summed E-state index contributed by atoms with van der Waals surface area (Å²) in [5.74, 6) is -1.07. The van der Waals surface area contributed by atoms with E-state index in [0.717, 1.165) is 25.6 Å². The van der Waals surface area contributed by atoms with Crippen molar-refractivity contribution in [3.8, 4) is 16.1 Å². The van der Waals surface area contributed by atoms with Crippen molar-refractivity contribution in [3.05, 3.63) is 104 Å². The minimum absolute atomic E-state index is 0.0117. The van der Waals surface area contributed by atoms with Crippen LogP contribution in [0.25, 0.3) is 16.1 Å². The number of thiophene rings is 1. The number of carbonyl (C=O) groups excluding carboxylic acids is 1. The van der Waals surface area contributed by atoms with E-state index in [4.69, 9.17) is 11.6 Å². The van der Waals surface area contributed by atoms with Gasteiger partial charge in [0.2, 0.25) is 0 Å². The molecule has 174 valence electrons. The highest BCUT2D eigenvalue weighted by atomic mass is 35.5. The number of nitrogens with zero attached hydrogens (tertiary/aromatic N) is 2. The fraction of sp³-hybridized carbons (Fsp3) is 0.160. The van der Waals surface area contributed by atoms with Crippen molar-refractivity contribution in [2.24, 2.45) is 0 Å². The number of carbonyl (C=O) groups is 1. The monoisotopic (exact) mass is 496 g/mol. The number of aromatic nitrogens is 2. The van der Waals surface area contributed by atoms with Gasteiger partial charge >= 0.3 is 0 Å². The molecule has 1 amide bonds. The molecule has 1 atom stereocenters. The molecule has 2 heterocycles. The average molecular weight is 497 g/mol. The lowest BCUT2D eigenvalue weighted by atomic mass is 10.1. The molecule has 0 saturated heterocycles. The summed E-state index contributed by atoms with van der Waals surface area (Å²) < 4.78 is 15.0. The minimum Gasteiger partial charge on any atom is -0.343 e. The molecule has 0 aliphatic carbocycles. The standard InChI is InChI=1S/C25H22ClFN4O2S/c1-15(22-10-11-23(34-22)18-13-17(26)8-7-16(18)14-28-2)29-25(33)20-9-12-24(32)31(30-20)21-6-4-3-5-19(21)27/h3-13,15,28H,14H2,1-2H3,(H,29,33). The van der Waals surface area contributed by atoms with Gasteiger partial charge in [0, 0.05) is 27.4 Å². The largest absolute Gasteiger partial charge is 0.343 e. The fourth-order valence-corrected chi connectivity index (χ4v) is 4.76. The highest BCUT2D eigenvalue weighted by Crippen LogP contribution is 2.35. The van der Waals surface area contributed by atoms with Crippen LogP contribution in [0, 0.1) is 5.82 Å². The van der Waals surface area contributed by atoms with Gasteiger partial charge in [-0.05, 0) is 67.6 Å². The third-order valence-electron chi connectivity index (χ3n) is 5.22. The lowest BCUT2D eigenvalue weighted by Crippen LogP contribution is -2.30. The summed E-state index contributed by atoms with van der Waals surface area (Å²) in [5.41, 5.74) is 1.62. The van der Waals surface area contributed by atoms with Crippen molar-refractivity contribution in [2.75, 3.05) is 7.05 Å². The lowest BCUT2D eigenvalue weighted by molar-refractivity contribution is 0.0933. The van der Waals surface area contributed by atoms with Crippen LogP contribution in [-0.2, 0) is 6.54 Å². The van der Waals surface area contributed by atoms with E-state index in [-0.39, 0.29) is 17.4 Å². The van der Waals surface area contributed by atoms with Crippen molar-refractivity contribution < 1.29 is 9.18 Å². The number of nitrogens with one attached hydrogen (secondary N) is 2. The highest BCUT2D eigenvalue weighted by molar-refractivity contribution is 7.15. The highest BCUT2D eigenvalue weighted by Gasteiger charge is 2.18. The normalized spacial score (nSPS) is 11.9. The molecule has 4 aromatic rings. The average Bonchev–Trinajstić information content (AvgIpc) is 3.31. The third kappa shape index (κ3) is 5.09. The van der Waals surface area contributed by atoms with Gasteiger partial charge in [-0.15, -0.1) is 11.3 Å². The van der Waals surface area contributed by atoms with Crippen molar-refractivity contribution in [2.45, 2.75) is 19.5 Å². The first-order valence-corrected chi connectivity index (χ1v) is 11.8. The third-order valence-corrected chi connectivity index (χ3v) is 6.76. The molecule has 0 saturated carbocycles. The smallest absolute Gasteiger partial charge is 0.272 e. The zero-order chi connectivity index (χ0) is 24.2. The van der Waals surface area contributed by atoms with E-state index in [1.807, 2.05) is 44.3 Å². The van der Waals surface area contributed by atoms with Gasteiger partial charge in [0.25, 0.3) is 11.5 Å². The van der Waals surface area contributed by atoms with Crippen LogP contribution in [0.4, 0.5) is 4.39 Å². The van der Waals surface area contributed by atoms with Crippen LogP contribution in [0.2, 0.25) is 5.02 Å². The summed E-state index contributed by atoms with van der Waals surface area (Å²) in [6, 6.07) is 17.7. The van der Waals surface area contributed by atoms with Crippen LogP contribution in [-0.4, -0.2) is 22.7 Å². The molecule has 2 N–H and O–H groups in total. The summed E-state index contributed by atoms with van der Waals surface area (Å²) in [6.45, 7) is 2.57. The molecule has 4 rings (SSSR count). The molecule has 34 heavy (non-hydrogen) atoms. The topological polar surface area (TPSA) is 76.0 Å². The van der Waals surface area contributed by atoms with Crippen LogP contribution >= 0.6 is 22.9 Å². The Labute approximate surface area is 205 Å². The number of benzene rings is 2. The molecule has 6 nitrogen and oxygen atoms in total. The Kier molecular flexibility index (Phi) is 7.21. The van der Waals surface area contributed by atoms with E-state index < -0.39 is 17.3 Å². The second-order valence-electron chi connectivity index (χ2n) is 7.65. The first-order chi connectivity index (χ1) is 16.4. The van der Waals surface area contributed by atoms with Gasteiger partial charge in [-0.25, -0.2) is 4.39 Å². The maximum Gasteiger partial charge on any atom is 0.272 e. The second kappa shape index (κ2) is 10.3. The van der Waals surface area contributed by atoms with Crippen LogP contribution < -0.4 is 16.2 Å². The molecular weight excluding hydrogens is 475 g/mol. The second-order valence-corrected chi connectivity index (χ2v) is 9.20. The number of halogens is 2. The first-order valence-electron chi connectivity index (χ1n) is 10.6. The van der Waals surface area contributed by atoms with Gasteiger partial charge in [0.15, 0.2) is 0 Å². The number of amides is 1. The Bertz CT molecular complexity index is 1400. The zero-order valence-electron chi connectivity index (χ0n) is 18.5. The van der Waals surface area contributed by atoms with Crippen molar-refractivity contribution in [1.29, 1.82) is 0 Å². The summed E-state index contributed by atoms with van der Waals surface area (Å²) in [6.07, 6.45) is 0. The van der Waals surface area contributed by atoms with E-state index in [9.17, 15) is 14.0 Å². The molecule has 2 aromatic carbocycles. The maximum absolute atomic E-state index is 14.2. The molecule has 0 aliphatic heterocycles. The molecule has 0 aliphatic rings. The number of rotatable bonds is 7. The van der Waals surface area contributed by atoms with E-state index in [1.165, 1.54) is 30.3 Å². The van der Waals surface area contributed by atoms with Gasteiger partial charge in [-0.1, -0.05) is 29.8 Å². The Hall–Kier alpha value is -3.33. The fourth-order valence-electron chi connectivity index (χ4n) is 3.52. The van der Waals surface area contributed by atoms with E-state index in [1.54, 1.807) is 17.4 Å². The van der Waals surface area contributed by atoms with Gasteiger partial charge in [-0.2, -0.15) is 9.78 Å². The number of para-hydroxylation sites is 1. The zero-order valence-corrected chi connectivity index (χ0v) is 20.1.